The van der Waals surface area contributed by atoms with E-state index in [4.69, 9.17) is 5.73 Å². The lowest BCUT2D eigenvalue weighted by atomic mass is 10.1. The van der Waals surface area contributed by atoms with Crippen molar-refractivity contribution in [3.8, 4) is 0 Å². The molecule has 0 spiro atoms. The van der Waals surface area contributed by atoms with Gasteiger partial charge in [0.2, 0.25) is 5.91 Å². The summed E-state index contributed by atoms with van der Waals surface area (Å²) < 4.78 is 0. The van der Waals surface area contributed by atoms with Crippen molar-refractivity contribution in [2.75, 3.05) is 24.3 Å². The number of rotatable bonds is 5. The molecule has 1 rings (SSSR count). The predicted molar refractivity (Wildman–Crippen MR) is 72.3 cm³/mol. The van der Waals surface area contributed by atoms with E-state index in [0.717, 1.165) is 17.8 Å². The predicted octanol–water partition coefficient (Wildman–Crippen LogP) is 1.82. The summed E-state index contributed by atoms with van der Waals surface area (Å²) in [7, 11) is 3.92. The van der Waals surface area contributed by atoms with Crippen LogP contribution in [0.2, 0.25) is 0 Å². The van der Waals surface area contributed by atoms with Crippen LogP contribution in [-0.2, 0) is 4.79 Å². The van der Waals surface area contributed by atoms with Crippen LogP contribution >= 0.6 is 0 Å². The number of hydrogen-bond donors (Lipinski definition) is 2. The third-order valence-electron chi connectivity index (χ3n) is 2.57. The number of benzene rings is 1. The third kappa shape index (κ3) is 4.07. The van der Waals surface area contributed by atoms with Crippen molar-refractivity contribution < 1.29 is 4.79 Å². The summed E-state index contributed by atoms with van der Waals surface area (Å²) in [5.41, 5.74) is 7.58. The van der Waals surface area contributed by atoms with E-state index in [1.165, 1.54) is 0 Å². The van der Waals surface area contributed by atoms with E-state index in [-0.39, 0.29) is 5.91 Å². The fourth-order valence-electron chi connectivity index (χ4n) is 1.54. The smallest absolute Gasteiger partial charge is 0.241 e. The molecule has 94 valence electrons. The fraction of sp³-hybridized carbons (Fsp3) is 0.462. The Hall–Kier alpha value is -1.55. The van der Waals surface area contributed by atoms with Crippen LogP contribution in [0.3, 0.4) is 0 Å². The monoisotopic (exact) mass is 235 g/mol. The van der Waals surface area contributed by atoms with Gasteiger partial charge in [-0.2, -0.15) is 0 Å². The molecule has 4 heteroatoms. The van der Waals surface area contributed by atoms with Gasteiger partial charge in [-0.3, -0.25) is 4.79 Å². The first-order chi connectivity index (χ1) is 8.04. The molecule has 4 nitrogen and oxygen atoms in total. The highest BCUT2D eigenvalue weighted by molar-refractivity contribution is 5.95. The van der Waals surface area contributed by atoms with Crippen molar-refractivity contribution in [3.05, 3.63) is 24.3 Å². The van der Waals surface area contributed by atoms with Gasteiger partial charge in [0.05, 0.1) is 6.04 Å². The summed E-state index contributed by atoms with van der Waals surface area (Å²) in [6.07, 6.45) is 1.62. The van der Waals surface area contributed by atoms with E-state index in [1.54, 1.807) is 0 Å². The van der Waals surface area contributed by atoms with Crippen LogP contribution in [0.5, 0.6) is 0 Å². The van der Waals surface area contributed by atoms with E-state index in [1.807, 2.05) is 50.2 Å². The van der Waals surface area contributed by atoms with Gasteiger partial charge in [-0.25, -0.2) is 0 Å². The first-order valence-corrected chi connectivity index (χ1v) is 5.88. The topological polar surface area (TPSA) is 58.4 Å². The molecular formula is C13H21N3O. The second-order valence-corrected chi connectivity index (χ2v) is 4.33. The Kier molecular flexibility index (Phi) is 4.97. The van der Waals surface area contributed by atoms with E-state index < -0.39 is 6.04 Å². The summed E-state index contributed by atoms with van der Waals surface area (Å²) in [5, 5.41) is 2.83. The molecule has 0 heterocycles. The zero-order valence-electron chi connectivity index (χ0n) is 10.7. The maximum absolute atomic E-state index is 11.7. The number of carbonyl (C=O) groups excluding carboxylic acids is 1. The molecule has 0 aromatic heterocycles. The third-order valence-corrected chi connectivity index (χ3v) is 2.57. The average Bonchev–Trinajstić information content (AvgIpc) is 2.29. The molecule has 0 radical (unpaired) electrons. The average molecular weight is 235 g/mol. The molecule has 0 saturated carbocycles. The van der Waals surface area contributed by atoms with Crippen molar-refractivity contribution >= 4 is 17.3 Å². The molecule has 1 amide bonds. The number of hydrogen-bond acceptors (Lipinski definition) is 3. The summed E-state index contributed by atoms with van der Waals surface area (Å²) in [6.45, 7) is 2.01. The van der Waals surface area contributed by atoms with E-state index in [9.17, 15) is 4.79 Å². The molecule has 17 heavy (non-hydrogen) atoms. The van der Waals surface area contributed by atoms with Crippen molar-refractivity contribution in [2.24, 2.45) is 5.73 Å². The molecule has 1 aromatic carbocycles. The zero-order chi connectivity index (χ0) is 12.8. The number of carbonyl (C=O) groups is 1. The van der Waals surface area contributed by atoms with Gasteiger partial charge in [0.25, 0.3) is 0 Å². The first-order valence-electron chi connectivity index (χ1n) is 5.88. The van der Waals surface area contributed by atoms with Crippen LogP contribution in [-0.4, -0.2) is 26.0 Å². The molecule has 0 aliphatic rings. The Balaban J connectivity index is 2.68. The van der Waals surface area contributed by atoms with Crippen LogP contribution in [0, 0.1) is 0 Å². The van der Waals surface area contributed by atoms with Gasteiger partial charge in [0, 0.05) is 25.5 Å². The highest BCUT2D eigenvalue weighted by Crippen LogP contribution is 2.17. The molecule has 0 bridgehead atoms. The minimum Gasteiger partial charge on any atom is -0.378 e. The van der Waals surface area contributed by atoms with Gasteiger partial charge in [0.15, 0.2) is 0 Å². The highest BCUT2D eigenvalue weighted by atomic mass is 16.2. The standard InChI is InChI=1S/C13H21N3O/c1-4-6-12(14)13(17)15-10-7-5-8-11(9-10)16(2)3/h5,7-9,12H,4,6,14H2,1-3H3,(H,15,17). The summed E-state index contributed by atoms with van der Waals surface area (Å²) >= 11 is 0. The van der Waals surface area contributed by atoms with Crippen LogP contribution in [0.4, 0.5) is 11.4 Å². The molecule has 1 aromatic rings. The quantitative estimate of drug-likeness (QED) is 0.818. The Morgan fingerprint density at radius 3 is 2.76 bits per heavy atom. The molecule has 0 aliphatic carbocycles. The lowest BCUT2D eigenvalue weighted by molar-refractivity contribution is -0.117. The zero-order valence-corrected chi connectivity index (χ0v) is 10.7. The van der Waals surface area contributed by atoms with E-state index in [2.05, 4.69) is 5.32 Å². The summed E-state index contributed by atoms with van der Waals surface area (Å²) in [6, 6.07) is 7.26. The van der Waals surface area contributed by atoms with Crippen molar-refractivity contribution in [3.63, 3.8) is 0 Å². The molecule has 0 fully saturated rings. The molecule has 3 N–H and O–H groups in total. The van der Waals surface area contributed by atoms with Gasteiger partial charge >= 0.3 is 0 Å². The Morgan fingerprint density at radius 1 is 1.47 bits per heavy atom. The largest absolute Gasteiger partial charge is 0.378 e. The second kappa shape index (κ2) is 6.25. The molecule has 1 unspecified atom stereocenters. The number of nitrogens with one attached hydrogen (secondary N) is 1. The minimum absolute atomic E-state index is 0.122. The van der Waals surface area contributed by atoms with Crippen molar-refractivity contribution in [2.45, 2.75) is 25.8 Å². The lowest BCUT2D eigenvalue weighted by Gasteiger charge is -2.15. The highest BCUT2D eigenvalue weighted by Gasteiger charge is 2.12. The van der Waals surface area contributed by atoms with Crippen LogP contribution in [0.1, 0.15) is 19.8 Å². The van der Waals surface area contributed by atoms with Crippen molar-refractivity contribution in [1.82, 2.24) is 0 Å². The number of nitrogens with two attached hydrogens (primary N) is 1. The van der Waals surface area contributed by atoms with Gasteiger partial charge in [-0.15, -0.1) is 0 Å². The second-order valence-electron chi connectivity index (χ2n) is 4.33. The van der Waals surface area contributed by atoms with Crippen LogP contribution in [0.25, 0.3) is 0 Å². The SMILES string of the molecule is CCCC(N)C(=O)Nc1cccc(N(C)C)c1. The normalized spacial score (nSPS) is 12.0. The number of nitrogens with zero attached hydrogens (tertiary/aromatic N) is 1. The summed E-state index contributed by atoms with van der Waals surface area (Å²) in [5.74, 6) is -0.122. The Labute approximate surface area is 103 Å². The van der Waals surface area contributed by atoms with Crippen LogP contribution in [0.15, 0.2) is 24.3 Å². The van der Waals surface area contributed by atoms with Gasteiger partial charge in [0.1, 0.15) is 0 Å². The minimum atomic E-state index is -0.428. The van der Waals surface area contributed by atoms with Crippen LogP contribution < -0.4 is 16.0 Å². The summed E-state index contributed by atoms with van der Waals surface area (Å²) in [4.78, 5) is 13.7. The number of anilines is 2. The maximum atomic E-state index is 11.7. The number of amides is 1. The van der Waals surface area contributed by atoms with Crippen molar-refractivity contribution in [1.29, 1.82) is 0 Å². The lowest BCUT2D eigenvalue weighted by Crippen LogP contribution is -2.35. The Morgan fingerprint density at radius 2 is 2.18 bits per heavy atom. The molecule has 0 saturated heterocycles. The van der Waals surface area contributed by atoms with E-state index in [0.29, 0.717) is 6.42 Å². The Bertz CT molecular complexity index is 377. The molecule has 0 aliphatic heterocycles. The van der Waals surface area contributed by atoms with Gasteiger partial charge < -0.3 is 16.0 Å². The molecule has 1 atom stereocenters. The first kappa shape index (κ1) is 13.5. The maximum Gasteiger partial charge on any atom is 0.241 e. The van der Waals surface area contributed by atoms with Gasteiger partial charge in [-0.1, -0.05) is 19.4 Å². The van der Waals surface area contributed by atoms with Gasteiger partial charge in [-0.05, 0) is 24.6 Å². The molecular weight excluding hydrogens is 214 g/mol. The van der Waals surface area contributed by atoms with E-state index >= 15 is 0 Å². The fourth-order valence-corrected chi connectivity index (χ4v) is 1.54.